The summed E-state index contributed by atoms with van der Waals surface area (Å²) in [5.41, 5.74) is 0.994. The van der Waals surface area contributed by atoms with Gasteiger partial charge in [-0.3, -0.25) is 4.79 Å². The van der Waals surface area contributed by atoms with Gasteiger partial charge in [0.1, 0.15) is 0 Å². The van der Waals surface area contributed by atoms with Gasteiger partial charge in [0.25, 0.3) is 5.97 Å². The van der Waals surface area contributed by atoms with Crippen molar-refractivity contribution in [2.24, 2.45) is 0 Å². The second-order valence-electron chi connectivity index (χ2n) is 3.32. The summed E-state index contributed by atoms with van der Waals surface area (Å²) in [6.45, 7) is 1.20. The number of carboxylic acid groups (broad SMARTS) is 1. The maximum absolute atomic E-state index is 9.04. The van der Waals surface area contributed by atoms with Crippen LogP contribution < -0.4 is 0 Å². The van der Waals surface area contributed by atoms with E-state index in [9.17, 15) is 0 Å². The first kappa shape index (κ1) is 12.2. The molecule has 0 aromatic heterocycles. The van der Waals surface area contributed by atoms with Gasteiger partial charge in [0.2, 0.25) is 0 Å². The molecule has 2 rings (SSSR count). The van der Waals surface area contributed by atoms with Gasteiger partial charge >= 0.3 is 0 Å². The van der Waals surface area contributed by atoms with E-state index in [4.69, 9.17) is 15.0 Å². The van der Waals surface area contributed by atoms with Gasteiger partial charge in [0.05, 0.1) is 6.61 Å². The van der Waals surface area contributed by atoms with E-state index in [1.807, 2.05) is 30.3 Å². The number of carbonyl (C=O) groups is 1. The smallest absolute Gasteiger partial charge is 0.300 e. The molecule has 0 aliphatic carbocycles. The third kappa shape index (κ3) is 3.37. The summed E-state index contributed by atoms with van der Waals surface area (Å²) in [6, 6.07) is 14.0. The molecule has 0 heterocycles. The van der Waals surface area contributed by atoms with Gasteiger partial charge in [0, 0.05) is 6.92 Å². The van der Waals surface area contributed by atoms with Crippen molar-refractivity contribution in [2.45, 2.75) is 13.5 Å². The standard InChI is InChI=1S/C11H10O.C2H4O2/c12-8-10-6-3-5-9-4-1-2-7-11(9)10;1-2(3)4/h1-7,12H,8H2;1H3,(H,3,4). The first-order valence-corrected chi connectivity index (χ1v) is 4.92. The number of benzene rings is 2. The van der Waals surface area contributed by atoms with E-state index in [0.29, 0.717) is 0 Å². The Labute approximate surface area is 94.0 Å². The average molecular weight is 218 g/mol. The Morgan fingerprint density at radius 2 is 1.69 bits per heavy atom. The molecule has 0 bridgehead atoms. The summed E-state index contributed by atoms with van der Waals surface area (Å²) < 4.78 is 0. The van der Waals surface area contributed by atoms with Crippen LogP contribution in [0.25, 0.3) is 10.8 Å². The molecule has 0 saturated heterocycles. The molecule has 0 amide bonds. The van der Waals surface area contributed by atoms with E-state index < -0.39 is 5.97 Å². The zero-order valence-electron chi connectivity index (χ0n) is 9.05. The summed E-state index contributed by atoms with van der Waals surface area (Å²) in [6.07, 6.45) is 0. The van der Waals surface area contributed by atoms with E-state index in [1.54, 1.807) is 0 Å². The maximum atomic E-state index is 9.04. The highest BCUT2D eigenvalue weighted by Crippen LogP contribution is 2.17. The zero-order valence-corrected chi connectivity index (χ0v) is 9.05. The fourth-order valence-electron chi connectivity index (χ4n) is 1.43. The predicted molar refractivity (Wildman–Crippen MR) is 63.2 cm³/mol. The molecule has 2 aromatic rings. The van der Waals surface area contributed by atoms with Gasteiger partial charge < -0.3 is 10.2 Å². The predicted octanol–water partition coefficient (Wildman–Crippen LogP) is 2.42. The molecule has 16 heavy (non-hydrogen) atoms. The monoisotopic (exact) mass is 218 g/mol. The van der Waals surface area contributed by atoms with Gasteiger partial charge in [-0.1, -0.05) is 42.5 Å². The highest BCUT2D eigenvalue weighted by Gasteiger charge is 1.96. The number of hydrogen-bond acceptors (Lipinski definition) is 2. The highest BCUT2D eigenvalue weighted by atomic mass is 16.4. The van der Waals surface area contributed by atoms with Crippen LogP contribution >= 0.6 is 0 Å². The lowest BCUT2D eigenvalue weighted by atomic mass is 10.1. The highest BCUT2D eigenvalue weighted by molar-refractivity contribution is 5.85. The fourth-order valence-corrected chi connectivity index (χ4v) is 1.43. The zero-order chi connectivity index (χ0) is 12.0. The van der Waals surface area contributed by atoms with Crippen LogP contribution in [-0.2, 0) is 11.4 Å². The summed E-state index contributed by atoms with van der Waals surface area (Å²) in [5, 5.41) is 18.8. The number of hydrogen-bond donors (Lipinski definition) is 2. The largest absolute Gasteiger partial charge is 0.481 e. The topological polar surface area (TPSA) is 57.5 Å². The summed E-state index contributed by atoms with van der Waals surface area (Å²) in [5.74, 6) is -0.833. The second kappa shape index (κ2) is 5.88. The molecule has 3 nitrogen and oxygen atoms in total. The fraction of sp³-hybridized carbons (Fsp3) is 0.154. The van der Waals surface area contributed by atoms with Crippen LogP contribution in [0.5, 0.6) is 0 Å². The van der Waals surface area contributed by atoms with E-state index in [1.165, 1.54) is 5.39 Å². The lowest BCUT2D eigenvalue weighted by Gasteiger charge is -2.01. The summed E-state index contributed by atoms with van der Waals surface area (Å²) >= 11 is 0. The Morgan fingerprint density at radius 3 is 2.31 bits per heavy atom. The third-order valence-corrected chi connectivity index (χ3v) is 2.05. The molecule has 3 heteroatoms. The molecular formula is C13H14O3. The van der Waals surface area contributed by atoms with Crippen molar-refractivity contribution in [3.63, 3.8) is 0 Å². The first-order valence-electron chi connectivity index (χ1n) is 4.92. The first-order chi connectivity index (χ1) is 7.65. The Kier molecular flexibility index (Phi) is 4.48. The lowest BCUT2D eigenvalue weighted by molar-refractivity contribution is -0.134. The van der Waals surface area contributed by atoms with Crippen LogP contribution in [0.3, 0.4) is 0 Å². The maximum Gasteiger partial charge on any atom is 0.300 e. The summed E-state index contributed by atoms with van der Waals surface area (Å²) in [7, 11) is 0. The molecule has 2 aromatic carbocycles. The number of rotatable bonds is 1. The van der Waals surface area contributed by atoms with Crippen molar-refractivity contribution in [1.82, 2.24) is 0 Å². The van der Waals surface area contributed by atoms with E-state index in [-0.39, 0.29) is 6.61 Å². The van der Waals surface area contributed by atoms with Crippen molar-refractivity contribution >= 4 is 16.7 Å². The van der Waals surface area contributed by atoms with Crippen LogP contribution in [0.1, 0.15) is 12.5 Å². The average Bonchev–Trinajstić information content (AvgIpc) is 2.27. The van der Waals surface area contributed by atoms with Crippen LogP contribution in [0.4, 0.5) is 0 Å². The molecule has 84 valence electrons. The molecule has 0 atom stereocenters. The lowest BCUT2D eigenvalue weighted by Crippen LogP contribution is -1.84. The molecule has 0 aliphatic rings. The number of aliphatic carboxylic acids is 1. The van der Waals surface area contributed by atoms with Gasteiger partial charge in [0.15, 0.2) is 0 Å². The molecule has 0 spiro atoms. The van der Waals surface area contributed by atoms with Crippen molar-refractivity contribution < 1.29 is 15.0 Å². The van der Waals surface area contributed by atoms with Gasteiger partial charge in [-0.2, -0.15) is 0 Å². The molecule has 0 saturated carbocycles. The minimum Gasteiger partial charge on any atom is -0.481 e. The van der Waals surface area contributed by atoms with E-state index in [0.717, 1.165) is 17.9 Å². The van der Waals surface area contributed by atoms with Crippen molar-refractivity contribution in [2.75, 3.05) is 0 Å². The number of aliphatic hydroxyl groups excluding tert-OH is 1. The quantitative estimate of drug-likeness (QED) is 0.772. The number of fused-ring (bicyclic) bond motifs is 1. The molecule has 2 N–H and O–H groups in total. The third-order valence-electron chi connectivity index (χ3n) is 2.05. The number of aliphatic hydroxyl groups is 1. The molecule has 0 fully saturated rings. The Balaban J connectivity index is 0.000000280. The Morgan fingerprint density at radius 1 is 1.12 bits per heavy atom. The van der Waals surface area contributed by atoms with Crippen LogP contribution in [-0.4, -0.2) is 16.2 Å². The number of carboxylic acids is 1. The Bertz CT molecular complexity index is 468. The van der Waals surface area contributed by atoms with Crippen molar-refractivity contribution in [1.29, 1.82) is 0 Å². The second-order valence-corrected chi connectivity index (χ2v) is 3.32. The SMILES string of the molecule is CC(=O)O.OCc1cccc2ccccc12. The van der Waals surface area contributed by atoms with Crippen molar-refractivity contribution in [3.05, 3.63) is 48.0 Å². The van der Waals surface area contributed by atoms with Crippen LogP contribution in [0.2, 0.25) is 0 Å². The van der Waals surface area contributed by atoms with Gasteiger partial charge in [-0.15, -0.1) is 0 Å². The minimum atomic E-state index is -0.833. The van der Waals surface area contributed by atoms with Gasteiger partial charge in [-0.05, 0) is 16.3 Å². The van der Waals surface area contributed by atoms with E-state index in [2.05, 4.69) is 12.1 Å². The molecule has 0 unspecified atom stereocenters. The van der Waals surface area contributed by atoms with Gasteiger partial charge in [-0.25, -0.2) is 0 Å². The van der Waals surface area contributed by atoms with E-state index >= 15 is 0 Å². The minimum absolute atomic E-state index is 0.112. The molecule has 0 aliphatic heterocycles. The Hall–Kier alpha value is -1.87. The summed E-state index contributed by atoms with van der Waals surface area (Å²) in [4.78, 5) is 9.00. The normalized spacial score (nSPS) is 9.38. The molecule has 0 radical (unpaired) electrons. The van der Waals surface area contributed by atoms with Crippen molar-refractivity contribution in [3.8, 4) is 0 Å². The molecular weight excluding hydrogens is 204 g/mol. The van der Waals surface area contributed by atoms with Crippen LogP contribution in [0.15, 0.2) is 42.5 Å². The van der Waals surface area contributed by atoms with Crippen LogP contribution in [0, 0.1) is 0 Å².